The summed E-state index contributed by atoms with van der Waals surface area (Å²) in [6, 6.07) is -5.17. The normalized spacial score (nSPS) is 48.2. The van der Waals surface area contributed by atoms with Gasteiger partial charge in [0.15, 0.2) is 37.7 Å². The zero-order valence-corrected chi connectivity index (χ0v) is 40.9. The molecule has 6 saturated heterocycles. The lowest BCUT2D eigenvalue weighted by atomic mass is 9.93. The second-order valence-corrected chi connectivity index (χ2v) is 19.0. The maximum Gasteiger partial charge on any atom is 0.217 e. The fourth-order valence-electron chi connectivity index (χ4n) is 9.71. The summed E-state index contributed by atoms with van der Waals surface area (Å²) in [6.07, 6.45) is -51.9. The van der Waals surface area contributed by atoms with Crippen molar-refractivity contribution in [3.05, 3.63) is 0 Å². The number of amides is 3. The molecular formula is C42H71N3O31. The number of aliphatic hydroxyl groups is 17. The molecular weight excluding hydrogens is 1040 g/mol. The summed E-state index contributed by atoms with van der Waals surface area (Å²) in [5.74, 6) is -2.49. The van der Waals surface area contributed by atoms with Gasteiger partial charge in [-0.2, -0.15) is 0 Å². The molecule has 6 fully saturated rings. The van der Waals surface area contributed by atoms with Crippen LogP contribution >= 0.6 is 0 Å². The molecule has 3 amide bonds. The molecule has 0 aromatic carbocycles. The first-order chi connectivity index (χ1) is 35.9. The lowest BCUT2D eigenvalue weighted by Gasteiger charge is -2.51. The predicted octanol–water partition coefficient (Wildman–Crippen LogP) is -13.7. The highest BCUT2D eigenvalue weighted by Crippen LogP contribution is 2.37. The maximum absolute atomic E-state index is 12.9. The summed E-state index contributed by atoms with van der Waals surface area (Å²) in [5, 5.41) is 191. The van der Waals surface area contributed by atoms with Gasteiger partial charge in [0.05, 0.1) is 39.6 Å². The van der Waals surface area contributed by atoms with E-state index in [0.29, 0.717) is 0 Å². The number of hydrogen-bond donors (Lipinski definition) is 20. The number of hydrogen-bond acceptors (Lipinski definition) is 31. The van der Waals surface area contributed by atoms with Crippen molar-refractivity contribution in [2.45, 2.75) is 205 Å². The molecule has 34 nitrogen and oxygen atoms in total. The van der Waals surface area contributed by atoms with Gasteiger partial charge in [-0.25, -0.2) is 0 Å². The summed E-state index contributed by atoms with van der Waals surface area (Å²) in [4.78, 5) is 37.6. The van der Waals surface area contributed by atoms with Crippen molar-refractivity contribution < 1.29 is 153 Å². The first kappa shape index (κ1) is 62.5. The average molecular weight is 1110 g/mol. The molecule has 0 aliphatic carbocycles. The minimum atomic E-state index is -2.28. The van der Waals surface area contributed by atoms with Crippen LogP contribution in [-0.2, 0) is 66.5 Å². The molecule has 34 heteroatoms. The fraction of sp³-hybridized carbons (Fsp3) is 0.929. The number of nitrogens with one attached hydrogen (secondary N) is 3. The highest BCUT2D eigenvalue weighted by Gasteiger charge is 2.58. The van der Waals surface area contributed by atoms with E-state index < -0.39 is 241 Å². The Morgan fingerprint density at radius 1 is 0.316 bits per heavy atom. The van der Waals surface area contributed by atoms with E-state index in [1.54, 1.807) is 0 Å². The van der Waals surface area contributed by atoms with E-state index in [2.05, 4.69) is 16.0 Å². The molecule has 76 heavy (non-hydrogen) atoms. The quantitative estimate of drug-likeness (QED) is 0.0571. The predicted molar refractivity (Wildman–Crippen MR) is 234 cm³/mol. The fourth-order valence-corrected chi connectivity index (χ4v) is 9.71. The van der Waals surface area contributed by atoms with E-state index in [0.717, 1.165) is 20.8 Å². The van der Waals surface area contributed by atoms with E-state index in [4.69, 9.17) is 52.1 Å². The zero-order valence-electron chi connectivity index (χ0n) is 40.9. The Kier molecular flexibility index (Phi) is 22.3. The Labute approximate surface area is 431 Å². The molecule has 20 N–H and O–H groups in total. The Bertz CT molecular complexity index is 1870. The lowest BCUT2D eigenvalue weighted by molar-refractivity contribution is -0.383. The molecule has 6 aliphatic rings. The van der Waals surface area contributed by atoms with Gasteiger partial charge in [-0.05, 0) is 0 Å². The third-order valence-corrected chi connectivity index (χ3v) is 13.6. The number of carbonyl (C=O) groups excluding carboxylic acids is 3. The number of carbonyl (C=O) groups is 3. The minimum Gasteiger partial charge on any atom is -0.394 e. The lowest BCUT2D eigenvalue weighted by Crippen LogP contribution is -2.71. The van der Waals surface area contributed by atoms with Gasteiger partial charge in [0.2, 0.25) is 17.7 Å². The molecule has 440 valence electrons. The monoisotopic (exact) mass is 1110 g/mol. The van der Waals surface area contributed by atoms with Crippen molar-refractivity contribution >= 4 is 17.7 Å². The van der Waals surface area contributed by atoms with Crippen LogP contribution in [0, 0.1) is 0 Å². The van der Waals surface area contributed by atoms with Gasteiger partial charge in [-0.15, -0.1) is 0 Å². The van der Waals surface area contributed by atoms with Crippen LogP contribution in [0.4, 0.5) is 0 Å². The molecule has 0 aromatic rings. The van der Waals surface area contributed by atoms with Gasteiger partial charge in [0.25, 0.3) is 0 Å². The van der Waals surface area contributed by atoms with E-state index in [1.807, 2.05) is 0 Å². The van der Waals surface area contributed by atoms with Crippen LogP contribution in [0.2, 0.25) is 0 Å². The van der Waals surface area contributed by atoms with Gasteiger partial charge in [0.1, 0.15) is 146 Å². The second kappa shape index (κ2) is 27.2. The molecule has 6 heterocycles. The first-order valence-corrected chi connectivity index (χ1v) is 24.1. The van der Waals surface area contributed by atoms with Crippen LogP contribution in [0.5, 0.6) is 0 Å². The molecule has 6 rings (SSSR count). The standard InChI is InChI=1S/C42H71N3O31/c1-10(52)43-19-32(23(56)14(5-47)66-37(19)65)72-41-30(63)35(26(59)17(8-50)70-41)75-39-21(45-12(3)54)34(25(58)16(7-49)68-39)74-42-31(64)36(27(60)18(9-51)71-42)76-38-20(44-11(2)53)33(24(57)15(6-48)67-38)73-40-29(62)28(61)22(55)13(4-46)69-40/h13-42,46-51,55-65H,4-9H2,1-3H3,(H,43,52)(H,44,53)(H,45,54)/t13-,14-,15-,16-,17-,18-,19-,20-,21-,22+,23+,24-,25-,26+,27+,28+,29-,30-,31-,32-,33-,34-,35+,36+,37?,38+,39+,40+,41+,42+/m1/s1. The Morgan fingerprint density at radius 2 is 0.566 bits per heavy atom. The van der Waals surface area contributed by atoms with Gasteiger partial charge in [0, 0.05) is 20.8 Å². The SMILES string of the molecule is CC(=O)N[C@H]1[C@H](O[C@H]2[C@@H](O)[C@@H](CO)O[C@@H](O[C@H]3[C@H](O)[C@@H](CO)O[C@@H](O[C@H]4[C@@H](O)[C@@H](CO)O[C@@H](O[C@H]5[C@@H](O)[C@@H](CO)OC(O)[C@@H]5NC(C)=O)[C@@H]4O)[C@@H]3NC(C)=O)[C@@H]2O)O[C@H](CO)[C@@H](O)[C@@H]1O[C@@H]1O[C@H](CO)[C@H](O)[C@H](O)[C@H]1O. The smallest absolute Gasteiger partial charge is 0.217 e. The summed E-state index contributed by atoms with van der Waals surface area (Å²) >= 11 is 0. The zero-order chi connectivity index (χ0) is 56.2. The summed E-state index contributed by atoms with van der Waals surface area (Å²) in [5.41, 5.74) is 0. The number of aliphatic hydroxyl groups excluding tert-OH is 17. The highest BCUT2D eigenvalue weighted by molar-refractivity contribution is 5.74. The van der Waals surface area contributed by atoms with Crippen molar-refractivity contribution in [1.29, 1.82) is 0 Å². The minimum absolute atomic E-state index is 0.749. The van der Waals surface area contributed by atoms with Crippen LogP contribution in [-0.4, -0.2) is 328 Å². The van der Waals surface area contributed by atoms with E-state index in [9.17, 15) is 101 Å². The van der Waals surface area contributed by atoms with Crippen molar-refractivity contribution in [2.24, 2.45) is 0 Å². The van der Waals surface area contributed by atoms with Gasteiger partial charge >= 0.3 is 0 Å². The third kappa shape index (κ3) is 13.5. The van der Waals surface area contributed by atoms with Gasteiger partial charge < -0.3 is 155 Å². The third-order valence-electron chi connectivity index (χ3n) is 13.6. The van der Waals surface area contributed by atoms with Gasteiger partial charge in [-0.3, -0.25) is 14.4 Å². The molecule has 0 saturated carbocycles. The molecule has 6 aliphatic heterocycles. The Morgan fingerprint density at radius 3 is 0.895 bits per heavy atom. The van der Waals surface area contributed by atoms with Crippen molar-refractivity contribution in [1.82, 2.24) is 16.0 Å². The Balaban J connectivity index is 1.28. The van der Waals surface area contributed by atoms with Crippen LogP contribution in [0.3, 0.4) is 0 Å². The van der Waals surface area contributed by atoms with E-state index in [-0.39, 0.29) is 0 Å². The summed E-state index contributed by atoms with van der Waals surface area (Å²) in [7, 11) is 0. The van der Waals surface area contributed by atoms with E-state index >= 15 is 0 Å². The van der Waals surface area contributed by atoms with Crippen molar-refractivity contribution in [3.63, 3.8) is 0 Å². The van der Waals surface area contributed by atoms with Crippen LogP contribution in [0.1, 0.15) is 20.8 Å². The highest BCUT2D eigenvalue weighted by atomic mass is 16.8. The summed E-state index contributed by atoms with van der Waals surface area (Å²) in [6.45, 7) is -2.85. The molecule has 0 bridgehead atoms. The Hall–Kier alpha value is -2.71. The van der Waals surface area contributed by atoms with Crippen LogP contribution < -0.4 is 16.0 Å². The van der Waals surface area contributed by atoms with Crippen molar-refractivity contribution in [3.8, 4) is 0 Å². The van der Waals surface area contributed by atoms with Crippen LogP contribution in [0.25, 0.3) is 0 Å². The topological polar surface area (TPSA) is 533 Å². The van der Waals surface area contributed by atoms with Crippen molar-refractivity contribution in [2.75, 3.05) is 39.6 Å². The maximum atomic E-state index is 12.9. The van der Waals surface area contributed by atoms with E-state index in [1.165, 1.54) is 0 Å². The average Bonchev–Trinajstić information content (AvgIpc) is 3.37. The van der Waals surface area contributed by atoms with Crippen LogP contribution in [0.15, 0.2) is 0 Å². The first-order valence-electron chi connectivity index (χ1n) is 24.1. The molecule has 1 unspecified atom stereocenters. The molecule has 0 spiro atoms. The second-order valence-electron chi connectivity index (χ2n) is 19.0. The molecule has 0 aromatic heterocycles. The largest absolute Gasteiger partial charge is 0.394 e. The number of ether oxygens (including phenoxy) is 11. The molecule has 0 radical (unpaired) electrons. The summed E-state index contributed by atoms with van der Waals surface area (Å²) < 4.78 is 63.3. The number of rotatable bonds is 19. The van der Waals surface area contributed by atoms with Gasteiger partial charge in [-0.1, -0.05) is 0 Å². The molecule has 30 atom stereocenters.